The first-order valence-electron chi connectivity index (χ1n) is 11.4. The van der Waals surface area contributed by atoms with Crippen molar-refractivity contribution in [3.05, 3.63) is 47.0 Å². The number of benzene rings is 2. The maximum atomic E-state index is 12.3. The second kappa shape index (κ2) is 8.21. The highest BCUT2D eigenvalue weighted by atomic mass is 16.5. The van der Waals surface area contributed by atoms with Gasteiger partial charge < -0.3 is 14.2 Å². The number of aryl methyl sites for hydroxylation is 2. The number of fused-ring (bicyclic) bond motifs is 5. The van der Waals surface area contributed by atoms with Gasteiger partial charge in [0, 0.05) is 59.6 Å². The fourth-order valence-electron chi connectivity index (χ4n) is 5.48. The quantitative estimate of drug-likeness (QED) is 0.548. The van der Waals surface area contributed by atoms with Crippen LogP contribution >= 0.6 is 0 Å². The van der Waals surface area contributed by atoms with E-state index < -0.39 is 0 Å². The molecule has 2 heterocycles. The second-order valence-electron chi connectivity index (χ2n) is 9.00. The lowest BCUT2D eigenvalue weighted by Gasteiger charge is -2.31. The third kappa shape index (κ3) is 3.60. The number of hydrogen-bond acceptors (Lipinski definition) is 4. The van der Waals surface area contributed by atoms with Gasteiger partial charge in [0.1, 0.15) is 0 Å². The van der Waals surface area contributed by atoms with Crippen molar-refractivity contribution in [2.24, 2.45) is 0 Å². The number of Topliss-reactive ketones (excluding diaryl/α,β-unsaturated/α-hetero) is 2. The van der Waals surface area contributed by atoms with Gasteiger partial charge in [-0.1, -0.05) is 0 Å². The van der Waals surface area contributed by atoms with E-state index in [-0.39, 0.29) is 11.6 Å². The van der Waals surface area contributed by atoms with E-state index in [1.807, 2.05) is 25.3 Å². The molecular formula is C26H30N2O3. The predicted octanol–water partition coefficient (Wildman–Crippen LogP) is 4.63. The van der Waals surface area contributed by atoms with Gasteiger partial charge in [-0.05, 0) is 81.6 Å². The van der Waals surface area contributed by atoms with Crippen molar-refractivity contribution < 1.29 is 14.3 Å². The predicted molar refractivity (Wildman–Crippen MR) is 123 cm³/mol. The van der Waals surface area contributed by atoms with Crippen LogP contribution in [0.4, 0.5) is 0 Å². The van der Waals surface area contributed by atoms with Crippen LogP contribution in [0.5, 0.6) is 0 Å². The normalized spacial score (nSPS) is 19.4. The first-order valence-corrected chi connectivity index (χ1v) is 11.4. The lowest BCUT2D eigenvalue weighted by Crippen LogP contribution is -2.39. The fourth-order valence-corrected chi connectivity index (χ4v) is 5.48. The van der Waals surface area contributed by atoms with Gasteiger partial charge in [-0.25, -0.2) is 0 Å². The van der Waals surface area contributed by atoms with Crippen LogP contribution in [0.3, 0.4) is 0 Å². The number of carbonyl (C=O) groups is 2. The third-order valence-electron chi connectivity index (χ3n) is 7.10. The first kappa shape index (κ1) is 20.4. The molecule has 2 aromatic carbocycles. The van der Waals surface area contributed by atoms with Crippen LogP contribution in [0.25, 0.3) is 21.8 Å². The maximum absolute atomic E-state index is 12.3. The van der Waals surface area contributed by atoms with Crippen LogP contribution in [0, 0.1) is 0 Å². The number of rotatable bonds is 6. The number of ketones is 2. The number of hydrogen-bond donors (Lipinski definition) is 0. The van der Waals surface area contributed by atoms with Crippen molar-refractivity contribution in [2.75, 3.05) is 26.7 Å². The Kier molecular flexibility index (Phi) is 5.40. The molecule has 0 amide bonds. The third-order valence-corrected chi connectivity index (χ3v) is 7.10. The van der Waals surface area contributed by atoms with Crippen LogP contribution in [0.15, 0.2) is 30.3 Å². The molecule has 1 aliphatic heterocycles. The average Bonchev–Trinajstić information content (AvgIpc) is 3.31. The van der Waals surface area contributed by atoms with Gasteiger partial charge in [0.2, 0.25) is 0 Å². The van der Waals surface area contributed by atoms with Gasteiger partial charge in [-0.15, -0.1) is 0 Å². The molecule has 5 nitrogen and oxygen atoms in total. The van der Waals surface area contributed by atoms with Crippen molar-refractivity contribution in [3.8, 4) is 0 Å². The smallest absolute Gasteiger partial charge is 0.163 e. The number of methoxy groups -OCH3 is 1. The molecule has 5 rings (SSSR count). The zero-order valence-corrected chi connectivity index (χ0v) is 18.4. The SMILES string of the molecule is COC1CCCN(CCCn2c3ccc(C(C)=O)cc3c3c4c(ccc32)C(=O)CC4)C1. The largest absolute Gasteiger partial charge is 0.380 e. The summed E-state index contributed by atoms with van der Waals surface area (Å²) >= 11 is 0. The Labute approximate surface area is 183 Å². The van der Waals surface area contributed by atoms with Crippen molar-refractivity contribution in [1.82, 2.24) is 9.47 Å². The summed E-state index contributed by atoms with van der Waals surface area (Å²) in [4.78, 5) is 26.9. The molecule has 1 saturated heterocycles. The molecule has 2 aliphatic rings. The molecule has 1 atom stereocenters. The van der Waals surface area contributed by atoms with Crippen molar-refractivity contribution in [3.63, 3.8) is 0 Å². The highest BCUT2D eigenvalue weighted by molar-refractivity contribution is 6.16. The van der Waals surface area contributed by atoms with Gasteiger partial charge >= 0.3 is 0 Å². The minimum Gasteiger partial charge on any atom is -0.380 e. The van der Waals surface area contributed by atoms with E-state index in [2.05, 4.69) is 21.6 Å². The highest BCUT2D eigenvalue weighted by Gasteiger charge is 2.25. The fraction of sp³-hybridized carbons (Fsp3) is 0.462. The summed E-state index contributed by atoms with van der Waals surface area (Å²) in [6, 6.07) is 10.1. The molecule has 5 heteroatoms. The Morgan fingerprint density at radius 2 is 1.97 bits per heavy atom. The van der Waals surface area contributed by atoms with Gasteiger partial charge in [-0.2, -0.15) is 0 Å². The number of carbonyl (C=O) groups excluding carboxylic acids is 2. The number of aromatic nitrogens is 1. The molecule has 0 bridgehead atoms. The number of ether oxygens (including phenoxy) is 1. The van der Waals surface area contributed by atoms with Crippen LogP contribution in [-0.2, 0) is 17.7 Å². The number of piperidine rings is 1. The zero-order chi connectivity index (χ0) is 21.5. The molecule has 0 spiro atoms. The minimum atomic E-state index is 0.0734. The standard InChI is InChI=1S/C26H30N2O3/c1-17(29)18-6-9-23-22(15-18)26-21-8-11-25(30)20(21)7-10-24(26)28(23)14-4-13-27-12-3-5-19(16-27)31-2/h6-7,9-10,15,19H,3-5,8,11-14,16H2,1-2H3. The lowest BCUT2D eigenvalue weighted by molar-refractivity contribution is 0.0308. The summed E-state index contributed by atoms with van der Waals surface area (Å²) in [5.74, 6) is 0.308. The van der Waals surface area contributed by atoms with Crippen LogP contribution in [0.2, 0.25) is 0 Å². The lowest BCUT2D eigenvalue weighted by atomic mass is 10.0. The van der Waals surface area contributed by atoms with Gasteiger partial charge in [0.15, 0.2) is 11.6 Å². The molecule has 0 saturated carbocycles. The molecule has 1 fully saturated rings. The van der Waals surface area contributed by atoms with Gasteiger partial charge in [0.25, 0.3) is 0 Å². The zero-order valence-electron chi connectivity index (χ0n) is 18.4. The van der Waals surface area contributed by atoms with E-state index in [0.29, 0.717) is 12.5 Å². The van der Waals surface area contributed by atoms with E-state index in [1.54, 1.807) is 6.92 Å². The van der Waals surface area contributed by atoms with E-state index in [1.165, 1.54) is 17.3 Å². The Balaban J connectivity index is 1.51. The molecule has 0 N–H and O–H groups in total. The molecule has 0 radical (unpaired) electrons. The summed E-state index contributed by atoms with van der Waals surface area (Å²) in [6.45, 7) is 5.74. The van der Waals surface area contributed by atoms with E-state index in [9.17, 15) is 9.59 Å². The average molecular weight is 419 g/mol. The summed E-state index contributed by atoms with van der Waals surface area (Å²) in [5, 5.41) is 2.27. The molecule has 162 valence electrons. The van der Waals surface area contributed by atoms with E-state index >= 15 is 0 Å². The van der Waals surface area contributed by atoms with Crippen LogP contribution in [0.1, 0.15) is 58.9 Å². The topological polar surface area (TPSA) is 51.5 Å². The van der Waals surface area contributed by atoms with Gasteiger partial charge in [-0.3, -0.25) is 9.59 Å². The highest BCUT2D eigenvalue weighted by Crippen LogP contribution is 2.37. The maximum Gasteiger partial charge on any atom is 0.163 e. The Morgan fingerprint density at radius 3 is 2.77 bits per heavy atom. The van der Waals surface area contributed by atoms with Crippen molar-refractivity contribution in [2.45, 2.75) is 51.7 Å². The second-order valence-corrected chi connectivity index (χ2v) is 9.00. The first-order chi connectivity index (χ1) is 15.1. The summed E-state index contributed by atoms with van der Waals surface area (Å²) < 4.78 is 7.95. The molecule has 1 aliphatic carbocycles. The minimum absolute atomic E-state index is 0.0734. The summed E-state index contributed by atoms with van der Waals surface area (Å²) in [6.07, 6.45) is 5.14. The van der Waals surface area contributed by atoms with Gasteiger partial charge in [0.05, 0.1) is 6.10 Å². The molecule has 1 unspecified atom stereocenters. The molecule has 1 aromatic heterocycles. The molecule has 3 aromatic rings. The number of likely N-dealkylation sites (tertiary alicyclic amines) is 1. The summed E-state index contributed by atoms with van der Waals surface area (Å²) in [5.41, 5.74) is 5.08. The monoisotopic (exact) mass is 418 g/mol. The van der Waals surface area contributed by atoms with Crippen molar-refractivity contribution in [1.29, 1.82) is 0 Å². The van der Waals surface area contributed by atoms with E-state index in [4.69, 9.17) is 4.74 Å². The molecular weight excluding hydrogens is 388 g/mol. The Bertz CT molecular complexity index is 1180. The van der Waals surface area contributed by atoms with Crippen LogP contribution in [-0.4, -0.2) is 53.9 Å². The Morgan fingerprint density at radius 1 is 1.13 bits per heavy atom. The number of nitrogens with zero attached hydrogens (tertiary/aromatic N) is 2. The van der Waals surface area contributed by atoms with Crippen molar-refractivity contribution >= 4 is 33.4 Å². The summed E-state index contributed by atoms with van der Waals surface area (Å²) in [7, 11) is 1.81. The van der Waals surface area contributed by atoms with Crippen LogP contribution < -0.4 is 0 Å². The molecule has 31 heavy (non-hydrogen) atoms. The van der Waals surface area contributed by atoms with E-state index in [0.717, 1.165) is 73.0 Å². The Hall–Kier alpha value is -2.50.